The van der Waals surface area contributed by atoms with Crippen molar-refractivity contribution in [2.24, 2.45) is 5.92 Å². The van der Waals surface area contributed by atoms with E-state index in [1.54, 1.807) is 48.4 Å². The van der Waals surface area contributed by atoms with Gasteiger partial charge >= 0.3 is 0 Å². The molecule has 2 aliphatic heterocycles. The van der Waals surface area contributed by atoms with E-state index in [2.05, 4.69) is 4.72 Å². The second kappa shape index (κ2) is 9.25. The van der Waals surface area contributed by atoms with Crippen LogP contribution in [0.4, 0.5) is 5.69 Å². The zero-order valence-electron chi connectivity index (χ0n) is 17.3. The van der Waals surface area contributed by atoms with Crippen LogP contribution in [-0.4, -0.2) is 58.9 Å². The minimum Gasteiger partial charge on any atom is -0.497 e. The number of amides is 1. The van der Waals surface area contributed by atoms with Crippen molar-refractivity contribution in [2.45, 2.75) is 24.0 Å². The second-order valence-corrected chi connectivity index (χ2v) is 9.31. The van der Waals surface area contributed by atoms with Crippen LogP contribution in [0.5, 0.6) is 5.75 Å². The Balaban J connectivity index is 1.48. The van der Waals surface area contributed by atoms with Crippen molar-refractivity contribution in [3.8, 4) is 5.75 Å². The van der Waals surface area contributed by atoms with E-state index >= 15 is 0 Å². The van der Waals surface area contributed by atoms with Crippen LogP contribution < -0.4 is 9.46 Å². The molecule has 1 amide bonds. The predicted molar refractivity (Wildman–Crippen MR) is 115 cm³/mol. The Kier molecular flexibility index (Phi) is 6.45. The first-order valence-electron chi connectivity index (χ1n) is 10.3. The first-order chi connectivity index (χ1) is 15.0. The smallest absolute Gasteiger partial charge is 0.261 e. The number of anilines is 1. The fraction of sp³-hybridized carbons (Fsp3) is 0.409. The topological polar surface area (TPSA) is 94.2 Å². The highest BCUT2D eigenvalue weighted by Crippen LogP contribution is 2.26. The molecule has 31 heavy (non-hydrogen) atoms. The summed E-state index contributed by atoms with van der Waals surface area (Å²) < 4.78 is 44.5. The number of likely N-dealkylation sites (tertiary alicyclic amines) is 1. The third-order valence-electron chi connectivity index (χ3n) is 5.51. The Morgan fingerprint density at radius 1 is 1.13 bits per heavy atom. The van der Waals surface area contributed by atoms with Crippen LogP contribution in [0.2, 0.25) is 0 Å². The second-order valence-electron chi connectivity index (χ2n) is 7.63. The lowest BCUT2D eigenvalue weighted by Crippen LogP contribution is -2.43. The van der Waals surface area contributed by atoms with Crippen molar-refractivity contribution in [1.82, 2.24) is 4.90 Å². The average Bonchev–Trinajstić information content (AvgIpc) is 3.34. The van der Waals surface area contributed by atoms with Crippen molar-refractivity contribution in [3.63, 3.8) is 0 Å². The van der Waals surface area contributed by atoms with Gasteiger partial charge in [0.1, 0.15) is 5.75 Å². The van der Waals surface area contributed by atoms with Crippen LogP contribution in [-0.2, 0) is 19.5 Å². The number of hydrogen-bond donors (Lipinski definition) is 1. The van der Waals surface area contributed by atoms with E-state index in [1.165, 1.54) is 12.1 Å². The van der Waals surface area contributed by atoms with Gasteiger partial charge in [0.05, 0.1) is 25.2 Å². The number of piperidine rings is 1. The molecule has 0 aliphatic carbocycles. The summed E-state index contributed by atoms with van der Waals surface area (Å²) in [4.78, 5) is 14.9. The Bertz CT molecular complexity index is 1020. The van der Waals surface area contributed by atoms with Gasteiger partial charge < -0.3 is 19.1 Å². The van der Waals surface area contributed by atoms with Gasteiger partial charge in [-0.05, 0) is 55.3 Å². The maximum atomic E-state index is 13.1. The number of benzene rings is 2. The normalized spacial score (nSPS) is 19.9. The quantitative estimate of drug-likeness (QED) is 0.733. The number of rotatable bonds is 6. The SMILES string of the molecule is COc1ccc(NS(=O)(=O)c2cccc(C(=O)N3CCCC(C4OCCO4)C3)c2)cc1. The molecule has 0 aromatic heterocycles. The van der Waals surface area contributed by atoms with Crippen molar-refractivity contribution in [1.29, 1.82) is 0 Å². The van der Waals surface area contributed by atoms with Gasteiger partial charge in [-0.25, -0.2) is 8.42 Å². The molecule has 4 rings (SSSR count). The minimum absolute atomic E-state index is 0.0326. The van der Waals surface area contributed by atoms with Gasteiger partial charge in [0.25, 0.3) is 15.9 Å². The molecule has 1 atom stereocenters. The van der Waals surface area contributed by atoms with Gasteiger partial charge in [-0.15, -0.1) is 0 Å². The molecule has 2 saturated heterocycles. The number of nitrogens with zero attached hydrogens (tertiary/aromatic N) is 1. The molecule has 0 spiro atoms. The number of methoxy groups -OCH3 is 1. The van der Waals surface area contributed by atoms with Crippen LogP contribution in [0.1, 0.15) is 23.2 Å². The summed E-state index contributed by atoms with van der Waals surface area (Å²) in [5.74, 6) is 0.567. The summed E-state index contributed by atoms with van der Waals surface area (Å²) in [6, 6.07) is 12.7. The Hall–Kier alpha value is -2.62. The molecular weight excluding hydrogens is 420 g/mol. The summed E-state index contributed by atoms with van der Waals surface area (Å²) in [6.07, 6.45) is 1.53. The van der Waals surface area contributed by atoms with E-state index in [0.717, 1.165) is 12.8 Å². The van der Waals surface area contributed by atoms with Gasteiger partial charge in [0, 0.05) is 30.3 Å². The van der Waals surface area contributed by atoms with Gasteiger partial charge in [0.2, 0.25) is 0 Å². The Labute approximate surface area is 182 Å². The lowest BCUT2D eigenvalue weighted by Gasteiger charge is -2.34. The highest BCUT2D eigenvalue weighted by Gasteiger charge is 2.33. The molecule has 1 N–H and O–H groups in total. The Morgan fingerprint density at radius 2 is 1.87 bits per heavy atom. The van der Waals surface area contributed by atoms with Gasteiger partial charge in [-0.3, -0.25) is 9.52 Å². The van der Waals surface area contributed by atoms with Crippen LogP contribution in [0.15, 0.2) is 53.4 Å². The molecule has 0 bridgehead atoms. The summed E-state index contributed by atoms with van der Waals surface area (Å²) >= 11 is 0. The summed E-state index contributed by atoms with van der Waals surface area (Å²) in [7, 11) is -2.30. The number of sulfonamides is 1. The lowest BCUT2D eigenvalue weighted by molar-refractivity contribution is -0.0969. The zero-order chi connectivity index (χ0) is 21.8. The number of nitrogens with one attached hydrogen (secondary N) is 1. The first kappa shape index (κ1) is 21.6. The number of ether oxygens (including phenoxy) is 3. The van der Waals surface area contributed by atoms with E-state index in [9.17, 15) is 13.2 Å². The average molecular weight is 447 g/mol. The van der Waals surface area contributed by atoms with E-state index in [0.29, 0.717) is 43.3 Å². The monoisotopic (exact) mass is 446 g/mol. The van der Waals surface area contributed by atoms with E-state index in [1.807, 2.05) is 0 Å². The molecule has 9 heteroatoms. The largest absolute Gasteiger partial charge is 0.497 e. The van der Waals surface area contributed by atoms with E-state index in [4.69, 9.17) is 14.2 Å². The molecule has 0 radical (unpaired) electrons. The molecule has 2 aromatic rings. The third kappa shape index (κ3) is 5.00. The highest BCUT2D eigenvalue weighted by molar-refractivity contribution is 7.92. The molecule has 2 aliphatic rings. The zero-order valence-corrected chi connectivity index (χ0v) is 18.1. The molecular formula is C22H26N2O6S. The highest BCUT2D eigenvalue weighted by atomic mass is 32.2. The van der Waals surface area contributed by atoms with Crippen molar-refractivity contribution < 1.29 is 27.4 Å². The predicted octanol–water partition coefficient (Wildman–Crippen LogP) is 2.72. The van der Waals surface area contributed by atoms with Crippen molar-refractivity contribution in [2.75, 3.05) is 38.1 Å². The van der Waals surface area contributed by atoms with Crippen molar-refractivity contribution in [3.05, 3.63) is 54.1 Å². The molecule has 2 fully saturated rings. The van der Waals surface area contributed by atoms with Crippen LogP contribution in [0.25, 0.3) is 0 Å². The molecule has 8 nitrogen and oxygen atoms in total. The van der Waals surface area contributed by atoms with Crippen molar-refractivity contribution >= 4 is 21.6 Å². The minimum atomic E-state index is -3.85. The van der Waals surface area contributed by atoms with E-state index < -0.39 is 10.0 Å². The summed E-state index contributed by atoms with van der Waals surface area (Å²) in [6.45, 7) is 2.32. The maximum absolute atomic E-state index is 13.1. The summed E-state index contributed by atoms with van der Waals surface area (Å²) in [5, 5.41) is 0. The number of carbonyl (C=O) groups excluding carboxylic acids is 1. The standard InChI is InChI=1S/C22H26N2O6S/c1-28-19-9-7-18(8-10-19)23-31(26,27)20-6-2-4-16(14-20)21(25)24-11-3-5-17(15-24)22-29-12-13-30-22/h2,4,6-10,14,17,22-23H,3,5,11-13,15H2,1H3. The summed E-state index contributed by atoms with van der Waals surface area (Å²) in [5.41, 5.74) is 0.750. The lowest BCUT2D eigenvalue weighted by atomic mass is 9.96. The maximum Gasteiger partial charge on any atom is 0.261 e. The molecule has 2 heterocycles. The number of hydrogen-bond acceptors (Lipinski definition) is 6. The van der Waals surface area contributed by atoms with Gasteiger partial charge in [0.15, 0.2) is 6.29 Å². The molecule has 2 aromatic carbocycles. The van der Waals surface area contributed by atoms with Crippen LogP contribution >= 0.6 is 0 Å². The molecule has 0 saturated carbocycles. The number of carbonyl (C=O) groups is 1. The Morgan fingerprint density at radius 3 is 2.58 bits per heavy atom. The van der Waals surface area contributed by atoms with Crippen LogP contribution in [0.3, 0.4) is 0 Å². The van der Waals surface area contributed by atoms with Gasteiger partial charge in [-0.2, -0.15) is 0 Å². The van der Waals surface area contributed by atoms with Crippen LogP contribution in [0, 0.1) is 5.92 Å². The first-order valence-corrected chi connectivity index (χ1v) is 11.7. The van der Waals surface area contributed by atoms with E-state index in [-0.39, 0.29) is 23.0 Å². The fourth-order valence-electron chi connectivity index (χ4n) is 3.92. The molecule has 1 unspecified atom stereocenters. The fourth-order valence-corrected chi connectivity index (χ4v) is 5.02. The molecule has 166 valence electrons. The third-order valence-corrected chi connectivity index (χ3v) is 6.89. The van der Waals surface area contributed by atoms with Gasteiger partial charge in [-0.1, -0.05) is 6.07 Å².